The van der Waals surface area contributed by atoms with E-state index in [2.05, 4.69) is 24.8 Å². The van der Waals surface area contributed by atoms with Gasteiger partial charge < -0.3 is 18.8 Å². The van der Waals surface area contributed by atoms with Crippen molar-refractivity contribution in [3.8, 4) is 17.6 Å². The predicted molar refractivity (Wildman–Crippen MR) is 131 cm³/mol. The molecule has 0 saturated carbocycles. The molecule has 0 aliphatic carbocycles. The largest absolute Gasteiger partial charge is 0.573 e. The van der Waals surface area contributed by atoms with Gasteiger partial charge in [0, 0.05) is 12.7 Å². The maximum Gasteiger partial charge on any atom is 0.573 e. The van der Waals surface area contributed by atoms with Crippen LogP contribution >= 0.6 is 0 Å². The monoisotopic (exact) mass is 538 g/mol. The van der Waals surface area contributed by atoms with Gasteiger partial charge in [-0.05, 0) is 30.2 Å². The van der Waals surface area contributed by atoms with Gasteiger partial charge in [-0.3, -0.25) is 0 Å². The summed E-state index contributed by atoms with van der Waals surface area (Å²) in [5.74, 6) is -0.592. The van der Waals surface area contributed by atoms with E-state index in [1.807, 2.05) is 30.3 Å². The van der Waals surface area contributed by atoms with Crippen molar-refractivity contribution in [2.45, 2.75) is 26.4 Å². The molecular formula is C26H21F3N6O4. The number of fused-ring (bicyclic) bond motifs is 1. The normalized spacial score (nSPS) is 11.5. The minimum atomic E-state index is -4.80. The highest BCUT2D eigenvalue weighted by Gasteiger charge is 2.31. The molecule has 10 nitrogen and oxygen atoms in total. The van der Waals surface area contributed by atoms with Crippen molar-refractivity contribution in [3.05, 3.63) is 90.0 Å². The second-order valence-electron chi connectivity index (χ2n) is 8.24. The number of esters is 1. The highest BCUT2D eigenvalue weighted by atomic mass is 19.4. The molecule has 0 aliphatic rings. The number of carbonyl (C=O) groups excluding carboxylic acids is 1. The number of alkyl halides is 3. The minimum Gasteiger partial charge on any atom is -0.471 e. The van der Waals surface area contributed by atoms with Crippen molar-refractivity contribution >= 4 is 17.1 Å². The number of carbonyl (C=O) groups is 1. The zero-order chi connectivity index (χ0) is 27.4. The summed E-state index contributed by atoms with van der Waals surface area (Å²) in [5, 5.41) is 4.16. The van der Waals surface area contributed by atoms with E-state index in [-0.39, 0.29) is 48.5 Å². The average molecular weight is 538 g/mol. The molecule has 0 saturated heterocycles. The van der Waals surface area contributed by atoms with Crippen LogP contribution in [0.25, 0.3) is 17.1 Å². The summed E-state index contributed by atoms with van der Waals surface area (Å²) < 4.78 is 56.2. The fourth-order valence-corrected chi connectivity index (χ4v) is 3.77. The van der Waals surface area contributed by atoms with Crippen molar-refractivity contribution < 1.29 is 32.2 Å². The molecule has 3 aromatic heterocycles. The Labute approximate surface area is 219 Å². The van der Waals surface area contributed by atoms with Crippen LogP contribution in [-0.4, -0.2) is 48.2 Å². The third-order valence-corrected chi connectivity index (χ3v) is 5.43. The summed E-state index contributed by atoms with van der Waals surface area (Å²) in [7, 11) is 0. The van der Waals surface area contributed by atoms with Gasteiger partial charge in [-0.25, -0.2) is 14.5 Å². The van der Waals surface area contributed by atoms with Gasteiger partial charge in [0.05, 0.1) is 24.7 Å². The zero-order valence-electron chi connectivity index (χ0n) is 20.5. The van der Waals surface area contributed by atoms with Crippen molar-refractivity contribution in [1.29, 1.82) is 0 Å². The number of rotatable bonds is 9. The van der Waals surface area contributed by atoms with E-state index in [0.717, 1.165) is 5.56 Å². The van der Waals surface area contributed by atoms with Gasteiger partial charge in [-0.15, -0.1) is 13.2 Å². The molecular weight excluding hydrogens is 517 g/mol. The Morgan fingerprint density at radius 1 is 1.03 bits per heavy atom. The molecule has 200 valence electrons. The quantitative estimate of drug-likeness (QED) is 0.248. The first-order chi connectivity index (χ1) is 18.8. The molecule has 0 aliphatic heterocycles. The number of hydrogen-bond donors (Lipinski definition) is 0. The van der Waals surface area contributed by atoms with E-state index in [9.17, 15) is 18.0 Å². The van der Waals surface area contributed by atoms with Gasteiger partial charge in [0.25, 0.3) is 5.95 Å². The molecule has 13 heteroatoms. The lowest BCUT2D eigenvalue weighted by atomic mass is 10.2. The topological polar surface area (TPSA) is 106 Å². The molecule has 2 aromatic carbocycles. The van der Waals surface area contributed by atoms with Gasteiger partial charge in [0.2, 0.25) is 5.88 Å². The molecule has 3 heterocycles. The molecule has 0 bridgehead atoms. The molecule has 0 N–H and O–H groups in total. The third kappa shape index (κ3) is 6.14. The van der Waals surface area contributed by atoms with Gasteiger partial charge in [0.1, 0.15) is 12.4 Å². The summed E-state index contributed by atoms with van der Waals surface area (Å²) in [6, 6.07) is 15.1. The SMILES string of the molecule is CCOC(=O)c1cnn(-c2nc(OCc3ccccc3)c3c(ncn3Cc3cccc(OC(F)(F)F)c3)n2)c1. The van der Waals surface area contributed by atoms with E-state index >= 15 is 0 Å². The predicted octanol–water partition coefficient (Wildman–Crippen LogP) is 4.71. The number of hydrogen-bond acceptors (Lipinski definition) is 8. The van der Waals surface area contributed by atoms with Crippen LogP contribution in [0.3, 0.4) is 0 Å². The fourth-order valence-electron chi connectivity index (χ4n) is 3.77. The Hall–Kier alpha value is -4.94. The number of aromatic nitrogens is 6. The molecule has 0 radical (unpaired) electrons. The van der Waals surface area contributed by atoms with Crippen molar-refractivity contribution in [2.24, 2.45) is 0 Å². The third-order valence-electron chi connectivity index (χ3n) is 5.43. The lowest BCUT2D eigenvalue weighted by molar-refractivity contribution is -0.274. The molecule has 0 amide bonds. The van der Waals surface area contributed by atoms with Crippen LogP contribution in [0.4, 0.5) is 13.2 Å². The number of nitrogens with zero attached hydrogens (tertiary/aromatic N) is 6. The smallest absolute Gasteiger partial charge is 0.471 e. The first-order valence-corrected chi connectivity index (χ1v) is 11.8. The summed E-state index contributed by atoms with van der Waals surface area (Å²) in [6.45, 7) is 2.24. The van der Waals surface area contributed by atoms with Gasteiger partial charge in [-0.2, -0.15) is 15.1 Å². The maximum absolute atomic E-state index is 12.7. The molecule has 0 atom stereocenters. The lowest BCUT2D eigenvalue weighted by Gasteiger charge is -2.12. The molecule has 39 heavy (non-hydrogen) atoms. The highest BCUT2D eigenvalue weighted by Crippen LogP contribution is 2.27. The van der Waals surface area contributed by atoms with Crippen LogP contribution in [0.1, 0.15) is 28.4 Å². The number of halogens is 3. The first kappa shape index (κ1) is 25.7. The summed E-state index contributed by atoms with van der Waals surface area (Å²) in [5.41, 5.74) is 2.32. The molecule has 0 fully saturated rings. The van der Waals surface area contributed by atoms with E-state index in [1.165, 1.54) is 41.6 Å². The Bertz CT molecular complexity index is 1600. The Kier molecular flexibility index (Phi) is 7.12. The van der Waals surface area contributed by atoms with Crippen molar-refractivity contribution in [1.82, 2.24) is 29.3 Å². The van der Waals surface area contributed by atoms with Crippen LogP contribution in [-0.2, 0) is 17.9 Å². The summed E-state index contributed by atoms with van der Waals surface area (Å²) in [6.07, 6.45) is -0.542. The first-order valence-electron chi connectivity index (χ1n) is 11.8. The Balaban J connectivity index is 1.51. The summed E-state index contributed by atoms with van der Waals surface area (Å²) in [4.78, 5) is 25.4. The van der Waals surface area contributed by atoms with Crippen LogP contribution in [0.2, 0.25) is 0 Å². The van der Waals surface area contributed by atoms with Gasteiger partial charge >= 0.3 is 12.3 Å². The Morgan fingerprint density at radius 3 is 2.59 bits per heavy atom. The number of benzene rings is 2. The highest BCUT2D eigenvalue weighted by molar-refractivity contribution is 5.88. The van der Waals surface area contributed by atoms with E-state index in [0.29, 0.717) is 11.1 Å². The van der Waals surface area contributed by atoms with Gasteiger partial charge in [-0.1, -0.05) is 42.5 Å². The van der Waals surface area contributed by atoms with Crippen LogP contribution in [0.15, 0.2) is 73.3 Å². The number of imidazole rings is 1. The second kappa shape index (κ2) is 10.8. The minimum absolute atomic E-state index is 0.104. The van der Waals surface area contributed by atoms with Crippen LogP contribution in [0, 0.1) is 0 Å². The maximum atomic E-state index is 12.7. The molecule has 0 unspecified atom stereocenters. The van der Waals surface area contributed by atoms with Crippen LogP contribution < -0.4 is 9.47 Å². The number of ether oxygens (including phenoxy) is 3. The molecule has 0 spiro atoms. The fraction of sp³-hybridized carbons (Fsp3) is 0.192. The van der Waals surface area contributed by atoms with Gasteiger partial charge in [0.15, 0.2) is 11.2 Å². The Morgan fingerprint density at radius 2 is 1.82 bits per heavy atom. The molecule has 5 rings (SSSR count). The molecule has 5 aromatic rings. The zero-order valence-corrected chi connectivity index (χ0v) is 20.5. The van der Waals surface area contributed by atoms with Crippen molar-refractivity contribution in [3.63, 3.8) is 0 Å². The summed E-state index contributed by atoms with van der Waals surface area (Å²) >= 11 is 0. The average Bonchev–Trinajstić information content (AvgIpc) is 3.55. The van der Waals surface area contributed by atoms with E-state index < -0.39 is 12.3 Å². The van der Waals surface area contributed by atoms with Crippen molar-refractivity contribution in [2.75, 3.05) is 6.61 Å². The van der Waals surface area contributed by atoms with Crippen LogP contribution in [0.5, 0.6) is 11.6 Å². The lowest BCUT2D eigenvalue weighted by Crippen LogP contribution is -2.17. The van der Waals surface area contributed by atoms with E-state index in [4.69, 9.17) is 9.47 Å². The van der Waals surface area contributed by atoms with E-state index in [1.54, 1.807) is 17.6 Å². The standard InChI is InChI=1S/C26H21F3N6O4/c1-2-37-24(36)19-12-31-35(14-19)25-32-22-21(23(33-25)38-15-17-7-4-3-5-8-17)34(16-30-22)13-18-9-6-10-20(11-18)39-26(27,28)29/h3-12,14,16H,2,13,15H2,1H3. The second-order valence-corrected chi connectivity index (χ2v) is 8.24.